The van der Waals surface area contributed by atoms with Crippen molar-refractivity contribution in [2.24, 2.45) is 0 Å². The zero-order chi connectivity index (χ0) is 22.4. The molecule has 0 saturated carbocycles. The predicted octanol–water partition coefficient (Wildman–Crippen LogP) is 2.58. The van der Waals surface area contributed by atoms with Gasteiger partial charge in [-0.15, -0.1) is 0 Å². The number of aryl methyl sites for hydroxylation is 2. The second-order valence-corrected chi connectivity index (χ2v) is 7.93. The van der Waals surface area contributed by atoms with Crippen molar-refractivity contribution in [3.05, 3.63) is 53.6 Å². The number of rotatable bonds is 7. The number of benzene rings is 2. The van der Waals surface area contributed by atoms with Crippen molar-refractivity contribution in [2.75, 3.05) is 50.1 Å². The minimum absolute atomic E-state index is 0.0389. The Kier molecular flexibility index (Phi) is 7.52. The Morgan fingerprint density at radius 1 is 1.00 bits per heavy atom. The number of para-hydroxylation sites is 1. The minimum Gasteiger partial charge on any atom is -0.497 e. The molecule has 7 nitrogen and oxygen atoms in total. The van der Waals surface area contributed by atoms with Crippen LogP contribution in [-0.2, 0) is 9.59 Å². The number of nitrogens with zero attached hydrogens (tertiary/aromatic N) is 2. The fourth-order valence-corrected chi connectivity index (χ4v) is 3.84. The molecule has 0 aliphatic carbocycles. The molecule has 0 radical (unpaired) electrons. The average Bonchev–Trinajstić information content (AvgIpc) is 2.79. The first kappa shape index (κ1) is 22.6. The molecule has 2 amide bonds. The van der Waals surface area contributed by atoms with Gasteiger partial charge < -0.3 is 20.3 Å². The Morgan fingerprint density at radius 2 is 1.61 bits per heavy atom. The first-order valence-corrected chi connectivity index (χ1v) is 10.7. The summed E-state index contributed by atoms with van der Waals surface area (Å²) in [6.07, 6.45) is 0. The van der Waals surface area contributed by atoms with Crippen LogP contribution in [0.2, 0.25) is 0 Å². The number of nitrogens with one attached hydrogen (secondary N) is 2. The molecule has 2 aromatic rings. The van der Waals surface area contributed by atoms with Crippen LogP contribution in [0.25, 0.3) is 0 Å². The molecule has 1 saturated heterocycles. The molecule has 3 rings (SSSR count). The van der Waals surface area contributed by atoms with E-state index in [9.17, 15) is 9.59 Å². The number of hydrogen-bond donors (Lipinski definition) is 2. The molecule has 166 valence electrons. The van der Waals surface area contributed by atoms with Gasteiger partial charge >= 0.3 is 0 Å². The van der Waals surface area contributed by atoms with Gasteiger partial charge in [-0.25, -0.2) is 0 Å². The summed E-state index contributed by atoms with van der Waals surface area (Å²) in [4.78, 5) is 29.4. The maximum Gasteiger partial charge on any atom is 0.243 e. The van der Waals surface area contributed by atoms with Crippen LogP contribution in [0, 0.1) is 13.8 Å². The van der Waals surface area contributed by atoms with E-state index in [1.807, 2.05) is 51.1 Å². The first-order chi connectivity index (χ1) is 14.9. The summed E-state index contributed by atoms with van der Waals surface area (Å²) >= 11 is 0. The van der Waals surface area contributed by atoms with Crippen LogP contribution in [0.1, 0.15) is 18.1 Å². The van der Waals surface area contributed by atoms with Crippen LogP contribution >= 0.6 is 0 Å². The van der Waals surface area contributed by atoms with Gasteiger partial charge in [0, 0.05) is 37.6 Å². The molecule has 7 heteroatoms. The molecule has 1 atom stereocenters. The van der Waals surface area contributed by atoms with Crippen molar-refractivity contribution >= 4 is 23.2 Å². The van der Waals surface area contributed by atoms with Gasteiger partial charge in [-0.2, -0.15) is 0 Å². The third kappa shape index (κ3) is 5.76. The SMILES string of the molecule is COc1ccc(N2CCN(C(C)C(=O)NCC(=O)Nc3c(C)cccc3C)CC2)cc1. The number of carbonyl (C=O) groups excluding carboxylic acids is 2. The van der Waals surface area contributed by atoms with Crippen molar-refractivity contribution < 1.29 is 14.3 Å². The highest BCUT2D eigenvalue weighted by atomic mass is 16.5. The average molecular weight is 425 g/mol. The Morgan fingerprint density at radius 3 is 2.19 bits per heavy atom. The quantitative estimate of drug-likeness (QED) is 0.715. The molecule has 1 aliphatic rings. The highest BCUT2D eigenvalue weighted by Crippen LogP contribution is 2.21. The van der Waals surface area contributed by atoms with Gasteiger partial charge in [0.2, 0.25) is 11.8 Å². The zero-order valence-electron chi connectivity index (χ0n) is 18.8. The number of carbonyl (C=O) groups is 2. The Hall–Kier alpha value is -3.06. The van der Waals surface area contributed by atoms with E-state index in [0.717, 1.165) is 54.4 Å². The lowest BCUT2D eigenvalue weighted by molar-refractivity contribution is -0.128. The lowest BCUT2D eigenvalue weighted by Crippen LogP contribution is -2.54. The molecule has 1 aliphatic heterocycles. The fraction of sp³-hybridized carbons (Fsp3) is 0.417. The smallest absolute Gasteiger partial charge is 0.243 e. The highest BCUT2D eigenvalue weighted by Gasteiger charge is 2.26. The lowest BCUT2D eigenvalue weighted by Gasteiger charge is -2.38. The van der Waals surface area contributed by atoms with E-state index >= 15 is 0 Å². The predicted molar refractivity (Wildman–Crippen MR) is 124 cm³/mol. The van der Waals surface area contributed by atoms with E-state index in [1.165, 1.54) is 0 Å². The van der Waals surface area contributed by atoms with E-state index in [0.29, 0.717) is 0 Å². The van der Waals surface area contributed by atoms with Gasteiger partial charge in [0.1, 0.15) is 5.75 Å². The summed E-state index contributed by atoms with van der Waals surface area (Å²) in [5, 5.41) is 5.68. The molecule has 1 unspecified atom stereocenters. The summed E-state index contributed by atoms with van der Waals surface area (Å²) in [7, 11) is 1.66. The van der Waals surface area contributed by atoms with Crippen molar-refractivity contribution in [2.45, 2.75) is 26.8 Å². The number of anilines is 2. The molecule has 0 aromatic heterocycles. The van der Waals surface area contributed by atoms with E-state index in [4.69, 9.17) is 4.74 Å². The van der Waals surface area contributed by atoms with Gasteiger partial charge in [0.15, 0.2) is 0 Å². The topological polar surface area (TPSA) is 73.9 Å². The van der Waals surface area contributed by atoms with Gasteiger partial charge in [-0.3, -0.25) is 14.5 Å². The van der Waals surface area contributed by atoms with Crippen molar-refractivity contribution in [3.8, 4) is 5.75 Å². The Bertz CT molecular complexity index is 885. The minimum atomic E-state index is -0.286. The summed E-state index contributed by atoms with van der Waals surface area (Å²) < 4.78 is 5.22. The van der Waals surface area contributed by atoms with E-state index in [2.05, 4.69) is 32.6 Å². The van der Waals surface area contributed by atoms with E-state index in [-0.39, 0.29) is 24.4 Å². The summed E-state index contributed by atoms with van der Waals surface area (Å²) in [6, 6.07) is 13.6. The van der Waals surface area contributed by atoms with Gasteiger partial charge in [-0.05, 0) is 56.2 Å². The summed E-state index contributed by atoms with van der Waals surface area (Å²) in [5.74, 6) is 0.492. The summed E-state index contributed by atoms with van der Waals surface area (Å²) in [6.45, 7) is 9.02. The molecule has 0 bridgehead atoms. The molecule has 2 aromatic carbocycles. The fourth-order valence-electron chi connectivity index (χ4n) is 3.84. The van der Waals surface area contributed by atoms with Crippen LogP contribution in [0.3, 0.4) is 0 Å². The van der Waals surface area contributed by atoms with Crippen LogP contribution in [0.15, 0.2) is 42.5 Å². The highest BCUT2D eigenvalue weighted by molar-refractivity contribution is 5.96. The number of piperazine rings is 1. The summed E-state index contributed by atoms with van der Waals surface area (Å²) in [5.41, 5.74) is 3.97. The van der Waals surface area contributed by atoms with Crippen molar-refractivity contribution in [3.63, 3.8) is 0 Å². The monoisotopic (exact) mass is 424 g/mol. The Labute approximate surface area is 184 Å². The second-order valence-electron chi connectivity index (χ2n) is 7.93. The van der Waals surface area contributed by atoms with E-state index in [1.54, 1.807) is 7.11 Å². The number of amides is 2. The maximum atomic E-state index is 12.6. The van der Waals surface area contributed by atoms with E-state index < -0.39 is 0 Å². The zero-order valence-corrected chi connectivity index (χ0v) is 18.8. The molecule has 31 heavy (non-hydrogen) atoms. The van der Waals surface area contributed by atoms with Crippen LogP contribution in [0.5, 0.6) is 5.75 Å². The van der Waals surface area contributed by atoms with Crippen LogP contribution in [-0.4, -0.2) is 62.6 Å². The third-order valence-electron chi connectivity index (χ3n) is 5.85. The lowest BCUT2D eigenvalue weighted by atomic mass is 10.1. The number of hydrogen-bond acceptors (Lipinski definition) is 5. The maximum absolute atomic E-state index is 12.6. The first-order valence-electron chi connectivity index (χ1n) is 10.7. The molecular formula is C24H32N4O3. The molecular weight excluding hydrogens is 392 g/mol. The standard InChI is InChI=1S/C24H32N4O3/c1-17-6-5-7-18(2)23(17)26-22(29)16-25-24(30)19(3)27-12-14-28(15-13-27)20-8-10-21(31-4)11-9-20/h5-11,19H,12-16H2,1-4H3,(H,25,30)(H,26,29). The third-order valence-corrected chi connectivity index (χ3v) is 5.85. The normalized spacial score (nSPS) is 15.3. The van der Waals surface area contributed by atoms with Crippen molar-refractivity contribution in [1.82, 2.24) is 10.2 Å². The van der Waals surface area contributed by atoms with Crippen LogP contribution in [0.4, 0.5) is 11.4 Å². The Balaban J connectivity index is 1.45. The van der Waals surface area contributed by atoms with Gasteiger partial charge in [0.25, 0.3) is 0 Å². The molecule has 0 spiro atoms. The second kappa shape index (κ2) is 10.3. The largest absolute Gasteiger partial charge is 0.497 e. The number of ether oxygens (including phenoxy) is 1. The van der Waals surface area contributed by atoms with Gasteiger partial charge in [0.05, 0.1) is 19.7 Å². The molecule has 1 fully saturated rings. The van der Waals surface area contributed by atoms with Crippen molar-refractivity contribution in [1.29, 1.82) is 0 Å². The van der Waals surface area contributed by atoms with Gasteiger partial charge in [-0.1, -0.05) is 18.2 Å². The van der Waals surface area contributed by atoms with Crippen LogP contribution < -0.4 is 20.3 Å². The number of methoxy groups -OCH3 is 1. The molecule has 1 heterocycles. The molecule has 2 N–H and O–H groups in total.